The number of carbonyl (C=O) groups is 1. The zero-order valence-corrected chi connectivity index (χ0v) is 11.9. The molecule has 2 rings (SSSR count). The molecule has 0 atom stereocenters. The average molecular weight is 287 g/mol. The third-order valence-electron chi connectivity index (χ3n) is 3.79. The molecular formula is C15H17N3O3. The molecule has 0 N–H and O–H groups in total. The molecule has 1 aliphatic rings. The highest BCUT2D eigenvalue weighted by atomic mass is 16.6. The van der Waals surface area contributed by atoms with Crippen LogP contribution in [0.25, 0.3) is 0 Å². The molecule has 0 unspecified atom stereocenters. The van der Waals surface area contributed by atoms with E-state index < -0.39 is 4.92 Å². The van der Waals surface area contributed by atoms with Crippen LogP contribution in [-0.4, -0.2) is 28.3 Å². The van der Waals surface area contributed by atoms with Crippen molar-refractivity contribution in [1.29, 1.82) is 5.26 Å². The summed E-state index contributed by atoms with van der Waals surface area (Å²) in [6, 6.07) is 6.44. The van der Waals surface area contributed by atoms with Crippen LogP contribution in [0.5, 0.6) is 0 Å². The van der Waals surface area contributed by atoms with Crippen molar-refractivity contribution in [2.45, 2.75) is 38.6 Å². The largest absolute Gasteiger partial charge is 0.322 e. The van der Waals surface area contributed by atoms with E-state index in [0.29, 0.717) is 5.56 Å². The Morgan fingerprint density at radius 1 is 1.43 bits per heavy atom. The molecule has 0 radical (unpaired) electrons. The lowest BCUT2D eigenvalue weighted by molar-refractivity contribution is -0.384. The highest BCUT2D eigenvalue weighted by molar-refractivity contribution is 5.95. The lowest BCUT2D eigenvalue weighted by Crippen LogP contribution is -2.39. The monoisotopic (exact) mass is 287 g/mol. The van der Waals surface area contributed by atoms with Gasteiger partial charge in [0.25, 0.3) is 11.6 Å². The van der Waals surface area contributed by atoms with E-state index in [-0.39, 0.29) is 29.7 Å². The number of nitro groups is 1. The Hall–Kier alpha value is -2.42. The lowest BCUT2D eigenvalue weighted by Gasteiger charge is -2.26. The van der Waals surface area contributed by atoms with Gasteiger partial charge in [-0.3, -0.25) is 14.9 Å². The first-order valence-electron chi connectivity index (χ1n) is 6.97. The minimum absolute atomic E-state index is 0.0191. The van der Waals surface area contributed by atoms with Gasteiger partial charge in [0.1, 0.15) is 6.54 Å². The standard InChI is InChI=1S/C15H17N3O3/c1-11-8-12(10-14(9-11)18(20)21)15(19)17(7-6-16)13-4-2-3-5-13/h8-10,13H,2-5,7H2,1H3. The van der Waals surface area contributed by atoms with Crippen LogP contribution in [0.1, 0.15) is 41.6 Å². The molecule has 110 valence electrons. The summed E-state index contributed by atoms with van der Waals surface area (Å²) in [7, 11) is 0. The Bertz CT molecular complexity index is 601. The zero-order chi connectivity index (χ0) is 15.4. The van der Waals surface area contributed by atoms with Crippen molar-refractivity contribution in [3.63, 3.8) is 0 Å². The van der Waals surface area contributed by atoms with E-state index in [1.165, 1.54) is 12.1 Å². The molecule has 21 heavy (non-hydrogen) atoms. The fourth-order valence-electron chi connectivity index (χ4n) is 2.82. The highest BCUT2D eigenvalue weighted by Gasteiger charge is 2.28. The van der Waals surface area contributed by atoms with Crippen molar-refractivity contribution in [1.82, 2.24) is 4.90 Å². The van der Waals surface area contributed by atoms with Gasteiger partial charge < -0.3 is 4.90 Å². The second-order valence-corrected chi connectivity index (χ2v) is 5.34. The number of nitro benzene ring substituents is 1. The van der Waals surface area contributed by atoms with E-state index in [1.807, 2.05) is 6.07 Å². The average Bonchev–Trinajstić information content (AvgIpc) is 2.97. The molecule has 0 bridgehead atoms. The van der Waals surface area contributed by atoms with Crippen LogP contribution in [0.15, 0.2) is 18.2 Å². The number of nitriles is 1. The van der Waals surface area contributed by atoms with Crippen molar-refractivity contribution in [3.05, 3.63) is 39.4 Å². The van der Waals surface area contributed by atoms with Gasteiger partial charge in [0.2, 0.25) is 0 Å². The predicted molar refractivity (Wildman–Crippen MR) is 76.7 cm³/mol. The van der Waals surface area contributed by atoms with Crippen LogP contribution in [0.4, 0.5) is 5.69 Å². The zero-order valence-electron chi connectivity index (χ0n) is 11.9. The quantitative estimate of drug-likeness (QED) is 0.484. The number of hydrogen-bond donors (Lipinski definition) is 0. The van der Waals surface area contributed by atoms with Crippen LogP contribution in [0, 0.1) is 28.4 Å². The minimum atomic E-state index is -0.506. The van der Waals surface area contributed by atoms with Gasteiger partial charge in [-0.1, -0.05) is 12.8 Å². The van der Waals surface area contributed by atoms with Crippen LogP contribution in [0.3, 0.4) is 0 Å². The van der Waals surface area contributed by atoms with Crippen molar-refractivity contribution >= 4 is 11.6 Å². The number of non-ortho nitro benzene ring substituents is 1. The van der Waals surface area contributed by atoms with Gasteiger partial charge >= 0.3 is 0 Å². The maximum Gasteiger partial charge on any atom is 0.270 e. The van der Waals surface area contributed by atoms with E-state index in [1.54, 1.807) is 17.9 Å². The molecular weight excluding hydrogens is 270 g/mol. The maximum absolute atomic E-state index is 12.6. The number of carbonyl (C=O) groups excluding carboxylic acids is 1. The molecule has 6 heteroatoms. The Kier molecular flexibility index (Phi) is 4.53. The molecule has 1 aliphatic carbocycles. The van der Waals surface area contributed by atoms with Gasteiger partial charge in [-0.25, -0.2) is 0 Å². The van der Waals surface area contributed by atoms with Gasteiger partial charge in [0, 0.05) is 23.7 Å². The molecule has 0 saturated heterocycles. The van der Waals surface area contributed by atoms with Gasteiger partial charge in [0.15, 0.2) is 0 Å². The summed E-state index contributed by atoms with van der Waals surface area (Å²) in [5.74, 6) is -0.296. The fourth-order valence-corrected chi connectivity index (χ4v) is 2.82. The Labute approximate surface area is 123 Å². The second-order valence-electron chi connectivity index (χ2n) is 5.34. The number of benzene rings is 1. The molecule has 1 fully saturated rings. The fraction of sp³-hybridized carbons (Fsp3) is 0.467. The molecule has 1 saturated carbocycles. The van der Waals surface area contributed by atoms with Crippen molar-refractivity contribution in [3.8, 4) is 6.07 Å². The summed E-state index contributed by atoms with van der Waals surface area (Å²) < 4.78 is 0. The molecule has 6 nitrogen and oxygen atoms in total. The van der Waals surface area contributed by atoms with Crippen LogP contribution >= 0.6 is 0 Å². The van der Waals surface area contributed by atoms with E-state index in [0.717, 1.165) is 25.7 Å². The maximum atomic E-state index is 12.6. The third-order valence-corrected chi connectivity index (χ3v) is 3.79. The van der Waals surface area contributed by atoms with E-state index in [2.05, 4.69) is 0 Å². The molecule has 0 aromatic heterocycles. The van der Waals surface area contributed by atoms with Crippen LogP contribution in [-0.2, 0) is 0 Å². The van der Waals surface area contributed by atoms with Gasteiger partial charge in [-0.15, -0.1) is 0 Å². The Balaban J connectivity index is 2.32. The predicted octanol–water partition coefficient (Wildman–Crippen LogP) is 2.81. The van der Waals surface area contributed by atoms with E-state index >= 15 is 0 Å². The normalized spacial score (nSPS) is 14.7. The Morgan fingerprint density at radius 2 is 2.10 bits per heavy atom. The molecule has 1 amide bonds. The smallest absolute Gasteiger partial charge is 0.270 e. The van der Waals surface area contributed by atoms with Crippen LogP contribution < -0.4 is 0 Å². The topological polar surface area (TPSA) is 87.2 Å². The number of hydrogen-bond acceptors (Lipinski definition) is 4. The number of amides is 1. The Morgan fingerprint density at radius 3 is 2.67 bits per heavy atom. The molecule has 1 aromatic rings. The van der Waals surface area contributed by atoms with Gasteiger partial charge in [-0.2, -0.15) is 5.26 Å². The first kappa shape index (κ1) is 15.0. The number of rotatable bonds is 4. The summed E-state index contributed by atoms with van der Waals surface area (Å²) in [4.78, 5) is 24.6. The lowest BCUT2D eigenvalue weighted by atomic mass is 10.1. The van der Waals surface area contributed by atoms with Crippen LogP contribution in [0.2, 0.25) is 0 Å². The summed E-state index contributed by atoms with van der Waals surface area (Å²) >= 11 is 0. The molecule has 0 heterocycles. The van der Waals surface area contributed by atoms with Crippen molar-refractivity contribution < 1.29 is 9.72 Å². The first-order valence-corrected chi connectivity index (χ1v) is 6.97. The van der Waals surface area contributed by atoms with Gasteiger partial charge in [-0.05, 0) is 31.4 Å². The van der Waals surface area contributed by atoms with Crippen molar-refractivity contribution in [2.24, 2.45) is 0 Å². The molecule has 0 aliphatic heterocycles. The number of nitrogens with zero attached hydrogens (tertiary/aromatic N) is 3. The van der Waals surface area contributed by atoms with E-state index in [4.69, 9.17) is 5.26 Å². The molecule has 0 spiro atoms. The minimum Gasteiger partial charge on any atom is -0.322 e. The summed E-state index contributed by atoms with van der Waals surface area (Å²) in [6.07, 6.45) is 3.88. The van der Waals surface area contributed by atoms with Gasteiger partial charge in [0.05, 0.1) is 11.0 Å². The summed E-state index contributed by atoms with van der Waals surface area (Å²) in [5, 5.41) is 19.8. The van der Waals surface area contributed by atoms with E-state index in [9.17, 15) is 14.9 Å². The van der Waals surface area contributed by atoms with Crippen molar-refractivity contribution in [2.75, 3.05) is 6.54 Å². The third kappa shape index (κ3) is 3.37. The summed E-state index contributed by atoms with van der Waals surface area (Å²) in [6.45, 7) is 1.74. The summed E-state index contributed by atoms with van der Waals surface area (Å²) in [5.41, 5.74) is 0.849. The number of aryl methyl sites for hydroxylation is 1. The first-order chi connectivity index (χ1) is 10.0. The molecule has 1 aromatic carbocycles. The second kappa shape index (κ2) is 6.35. The SMILES string of the molecule is Cc1cc(C(=O)N(CC#N)C2CCCC2)cc([N+](=O)[O-])c1. The highest BCUT2D eigenvalue weighted by Crippen LogP contribution is 2.26.